The molecule has 0 bridgehead atoms. The van der Waals surface area contributed by atoms with Gasteiger partial charge in [-0.3, -0.25) is 9.59 Å². The highest BCUT2D eigenvalue weighted by Crippen LogP contribution is 2.24. The first-order valence-corrected chi connectivity index (χ1v) is 6.40. The summed E-state index contributed by atoms with van der Waals surface area (Å²) in [6.07, 6.45) is 1.45. The molecule has 3 N–H and O–H groups in total. The number of nitrogens with two attached hydrogens (primary N) is 1. The quantitative estimate of drug-likeness (QED) is 0.780. The highest BCUT2D eigenvalue weighted by molar-refractivity contribution is 9.10. The number of carbonyl (C=O) groups excluding carboxylic acids is 1. The number of fused-ring (bicyclic) bond motifs is 1. The smallest absolute Gasteiger partial charge is 0.262 e. The van der Waals surface area contributed by atoms with Gasteiger partial charge < -0.3 is 10.7 Å². The monoisotopic (exact) mass is 324 g/mol. The minimum Gasteiger partial charge on any atom is -0.397 e. The molecule has 0 aromatic carbocycles. The Kier molecular flexibility index (Phi) is 3.17. The van der Waals surface area contributed by atoms with Crippen molar-refractivity contribution in [3.8, 4) is 0 Å². The SMILES string of the molecule is CC(C)(C)C(=O)c1nc2ncc(Br)c(N)c2c(=O)[nH]1. The van der Waals surface area contributed by atoms with E-state index >= 15 is 0 Å². The zero-order valence-corrected chi connectivity index (χ0v) is 12.3. The third kappa shape index (κ3) is 2.37. The zero-order valence-electron chi connectivity index (χ0n) is 10.7. The molecular weight excluding hydrogens is 312 g/mol. The maximum atomic E-state index is 12.1. The van der Waals surface area contributed by atoms with Crippen molar-refractivity contribution in [2.75, 3.05) is 5.73 Å². The van der Waals surface area contributed by atoms with Crippen LogP contribution in [0.3, 0.4) is 0 Å². The molecule has 2 aromatic rings. The average molecular weight is 325 g/mol. The average Bonchev–Trinajstić information content (AvgIpc) is 2.31. The molecule has 0 amide bonds. The lowest BCUT2D eigenvalue weighted by atomic mass is 9.90. The van der Waals surface area contributed by atoms with Crippen LogP contribution in [0.1, 0.15) is 31.4 Å². The van der Waals surface area contributed by atoms with Crippen LogP contribution in [0.5, 0.6) is 0 Å². The van der Waals surface area contributed by atoms with Crippen LogP contribution >= 0.6 is 15.9 Å². The highest BCUT2D eigenvalue weighted by Gasteiger charge is 2.26. The number of aromatic nitrogens is 3. The first-order valence-electron chi connectivity index (χ1n) is 5.60. The van der Waals surface area contributed by atoms with Crippen LogP contribution in [0, 0.1) is 5.41 Å². The van der Waals surface area contributed by atoms with Crippen molar-refractivity contribution < 1.29 is 4.79 Å². The molecule has 0 aliphatic rings. The molecule has 2 aromatic heterocycles. The Hall–Kier alpha value is -1.76. The van der Waals surface area contributed by atoms with E-state index in [-0.39, 0.29) is 28.3 Å². The standard InChI is InChI=1S/C12H13BrN4O2/c1-12(2,3)8(18)10-16-9-6(11(19)17-10)7(14)5(13)4-15-9/h4H,1-3H3,(H3,14,15,16,17,19). The number of anilines is 1. The number of Topliss-reactive ketones (excluding diaryl/α,β-unsaturated/α-hetero) is 1. The summed E-state index contributed by atoms with van der Waals surface area (Å²) in [6.45, 7) is 5.26. The summed E-state index contributed by atoms with van der Waals surface area (Å²) in [5.74, 6) is -0.256. The Balaban J connectivity index is 2.75. The van der Waals surface area contributed by atoms with Gasteiger partial charge in [-0.1, -0.05) is 20.8 Å². The lowest BCUT2D eigenvalue weighted by Crippen LogP contribution is -2.26. The number of hydrogen-bond donors (Lipinski definition) is 2. The summed E-state index contributed by atoms with van der Waals surface area (Å²) in [5, 5.41) is 0.180. The van der Waals surface area contributed by atoms with Gasteiger partial charge in [-0.15, -0.1) is 0 Å². The molecule has 7 heteroatoms. The summed E-state index contributed by atoms with van der Waals surface area (Å²) in [5.41, 5.74) is 5.12. The van der Waals surface area contributed by atoms with Crippen LogP contribution in [-0.2, 0) is 0 Å². The second kappa shape index (κ2) is 4.41. The van der Waals surface area contributed by atoms with E-state index in [0.717, 1.165) is 0 Å². The van der Waals surface area contributed by atoms with Crippen LogP contribution in [0.2, 0.25) is 0 Å². The first-order chi connectivity index (χ1) is 8.71. The maximum absolute atomic E-state index is 12.1. The number of aromatic amines is 1. The van der Waals surface area contributed by atoms with Crippen molar-refractivity contribution in [2.45, 2.75) is 20.8 Å². The third-order valence-corrected chi connectivity index (χ3v) is 3.26. The van der Waals surface area contributed by atoms with Crippen LogP contribution in [0.15, 0.2) is 15.5 Å². The first kappa shape index (κ1) is 13.7. The van der Waals surface area contributed by atoms with E-state index in [0.29, 0.717) is 4.47 Å². The lowest BCUT2D eigenvalue weighted by Gasteiger charge is -2.15. The molecule has 0 aliphatic heterocycles. The molecule has 6 nitrogen and oxygen atoms in total. The number of halogens is 1. The Morgan fingerprint density at radius 3 is 2.63 bits per heavy atom. The molecule has 0 fully saturated rings. The molecular formula is C12H13BrN4O2. The number of carbonyl (C=O) groups is 1. The second-order valence-corrected chi connectivity index (χ2v) is 6.07. The van der Waals surface area contributed by atoms with Crippen LogP contribution < -0.4 is 11.3 Å². The van der Waals surface area contributed by atoms with Crippen molar-refractivity contribution in [3.05, 3.63) is 26.8 Å². The summed E-state index contributed by atoms with van der Waals surface area (Å²) >= 11 is 3.19. The Morgan fingerprint density at radius 2 is 2.05 bits per heavy atom. The van der Waals surface area contributed by atoms with Crippen molar-refractivity contribution in [2.24, 2.45) is 5.41 Å². The fourth-order valence-electron chi connectivity index (χ4n) is 1.57. The topological polar surface area (TPSA) is 102 Å². The van der Waals surface area contributed by atoms with Crippen LogP contribution in [0.25, 0.3) is 11.0 Å². The van der Waals surface area contributed by atoms with Gasteiger partial charge in [-0.2, -0.15) is 0 Å². The maximum Gasteiger partial charge on any atom is 0.262 e. The minimum absolute atomic E-state index is 0.000720. The van der Waals surface area contributed by atoms with E-state index in [1.165, 1.54) is 6.20 Å². The molecule has 0 radical (unpaired) electrons. The Labute approximate surface area is 117 Å². The van der Waals surface area contributed by atoms with E-state index in [9.17, 15) is 9.59 Å². The van der Waals surface area contributed by atoms with Gasteiger partial charge in [-0.05, 0) is 15.9 Å². The minimum atomic E-state index is -0.634. The molecule has 0 spiro atoms. The molecule has 0 atom stereocenters. The van der Waals surface area contributed by atoms with Crippen molar-refractivity contribution in [1.82, 2.24) is 15.0 Å². The van der Waals surface area contributed by atoms with E-state index in [2.05, 4.69) is 30.9 Å². The van der Waals surface area contributed by atoms with Crippen molar-refractivity contribution in [3.63, 3.8) is 0 Å². The van der Waals surface area contributed by atoms with E-state index in [1.54, 1.807) is 20.8 Å². The number of nitrogens with zero attached hydrogens (tertiary/aromatic N) is 2. The Bertz CT molecular complexity index is 731. The zero-order chi connectivity index (χ0) is 14.4. The van der Waals surface area contributed by atoms with Gasteiger partial charge in [0.25, 0.3) is 5.56 Å². The summed E-state index contributed by atoms with van der Waals surface area (Å²) in [4.78, 5) is 34.7. The van der Waals surface area contributed by atoms with E-state index < -0.39 is 11.0 Å². The van der Waals surface area contributed by atoms with Gasteiger partial charge >= 0.3 is 0 Å². The molecule has 0 aliphatic carbocycles. The lowest BCUT2D eigenvalue weighted by molar-refractivity contribution is 0.0847. The molecule has 0 unspecified atom stereocenters. The van der Waals surface area contributed by atoms with Crippen molar-refractivity contribution >= 4 is 38.4 Å². The molecule has 2 heterocycles. The van der Waals surface area contributed by atoms with Gasteiger partial charge in [0.05, 0.1) is 10.2 Å². The number of pyridine rings is 1. The number of nitrogens with one attached hydrogen (secondary N) is 1. The summed E-state index contributed by atoms with van der Waals surface area (Å²) in [7, 11) is 0. The predicted octanol–water partition coefficient (Wildman–Crippen LogP) is 1.89. The summed E-state index contributed by atoms with van der Waals surface area (Å²) in [6, 6.07) is 0. The van der Waals surface area contributed by atoms with Gasteiger partial charge in [0.2, 0.25) is 5.78 Å². The normalized spacial score (nSPS) is 11.8. The van der Waals surface area contributed by atoms with Gasteiger partial charge in [0.15, 0.2) is 11.5 Å². The fraction of sp³-hybridized carbons (Fsp3) is 0.333. The molecule has 0 saturated carbocycles. The predicted molar refractivity (Wildman–Crippen MR) is 76.1 cm³/mol. The summed E-state index contributed by atoms with van der Waals surface area (Å²) < 4.78 is 0.516. The number of ketones is 1. The fourth-order valence-corrected chi connectivity index (χ4v) is 1.87. The van der Waals surface area contributed by atoms with Gasteiger partial charge in [0, 0.05) is 11.6 Å². The van der Waals surface area contributed by atoms with E-state index in [4.69, 9.17) is 5.73 Å². The van der Waals surface area contributed by atoms with Gasteiger partial charge in [0.1, 0.15) is 5.39 Å². The van der Waals surface area contributed by atoms with Crippen LogP contribution in [-0.4, -0.2) is 20.7 Å². The highest BCUT2D eigenvalue weighted by atomic mass is 79.9. The van der Waals surface area contributed by atoms with E-state index in [1.807, 2.05) is 0 Å². The van der Waals surface area contributed by atoms with Gasteiger partial charge in [-0.25, -0.2) is 9.97 Å². The molecule has 100 valence electrons. The number of H-pyrrole nitrogens is 1. The molecule has 2 rings (SSSR count). The Morgan fingerprint density at radius 1 is 1.42 bits per heavy atom. The number of hydrogen-bond acceptors (Lipinski definition) is 5. The molecule has 19 heavy (non-hydrogen) atoms. The largest absolute Gasteiger partial charge is 0.397 e. The number of nitrogen functional groups attached to an aromatic ring is 1. The third-order valence-electron chi connectivity index (χ3n) is 2.62. The van der Waals surface area contributed by atoms with Crippen molar-refractivity contribution in [1.29, 1.82) is 0 Å². The second-order valence-electron chi connectivity index (χ2n) is 5.21. The number of rotatable bonds is 1. The van der Waals surface area contributed by atoms with Crippen LogP contribution in [0.4, 0.5) is 5.69 Å². The molecule has 0 saturated heterocycles.